The standard InChI is InChI=1S/C19H21N3O2/c1-15-7-5-6-10-17(15)19-20-18(21-24-19)14-22(11-12-23)13-16-8-3-2-4-9-16/h2-10,23H,11-14H2,1H3. The van der Waals surface area contributed by atoms with Gasteiger partial charge < -0.3 is 9.63 Å². The van der Waals surface area contributed by atoms with Crippen LogP contribution in [0.1, 0.15) is 17.0 Å². The Balaban J connectivity index is 1.73. The molecular weight excluding hydrogens is 302 g/mol. The number of aliphatic hydroxyl groups excluding tert-OH is 1. The van der Waals surface area contributed by atoms with E-state index in [4.69, 9.17) is 4.52 Å². The van der Waals surface area contributed by atoms with E-state index in [0.29, 0.717) is 24.8 Å². The lowest BCUT2D eigenvalue weighted by Crippen LogP contribution is -2.26. The molecule has 3 aromatic rings. The highest BCUT2D eigenvalue weighted by molar-refractivity contribution is 5.57. The number of aryl methyl sites for hydroxylation is 1. The molecule has 0 radical (unpaired) electrons. The lowest BCUT2D eigenvalue weighted by molar-refractivity contribution is 0.180. The Kier molecular flexibility index (Phi) is 5.36. The zero-order valence-corrected chi connectivity index (χ0v) is 13.7. The third-order valence-electron chi connectivity index (χ3n) is 3.87. The van der Waals surface area contributed by atoms with Gasteiger partial charge in [0.2, 0.25) is 0 Å². The normalized spacial score (nSPS) is 11.1. The summed E-state index contributed by atoms with van der Waals surface area (Å²) in [7, 11) is 0. The van der Waals surface area contributed by atoms with Crippen LogP contribution < -0.4 is 0 Å². The van der Waals surface area contributed by atoms with Crippen LogP contribution in [-0.2, 0) is 13.1 Å². The summed E-state index contributed by atoms with van der Waals surface area (Å²) in [5.74, 6) is 1.16. The maximum absolute atomic E-state index is 9.31. The Hall–Kier alpha value is -2.50. The van der Waals surface area contributed by atoms with Crippen molar-refractivity contribution in [2.75, 3.05) is 13.2 Å². The van der Waals surface area contributed by atoms with Crippen LogP contribution in [0.25, 0.3) is 11.5 Å². The average molecular weight is 323 g/mol. The molecule has 0 unspecified atom stereocenters. The van der Waals surface area contributed by atoms with E-state index in [-0.39, 0.29) is 6.61 Å². The van der Waals surface area contributed by atoms with Crippen LogP contribution >= 0.6 is 0 Å². The van der Waals surface area contributed by atoms with Crippen molar-refractivity contribution in [3.63, 3.8) is 0 Å². The van der Waals surface area contributed by atoms with Gasteiger partial charge in [0.25, 0.3) is 5.89 Å². The zero-order chi connectivity index (χ0) is 16.8. The minimum absolute atomic E-state index is 0.0926. The molecule has 0 aliphatic rings. The molecule has 0 atom stereocenters. The first-order valence-corrected chi connectivity index (χ1v) is 8.02. The quantitative estimate of drug-likeness (QED) is 0.724. The average Bonchev–Trinajstić information content (AvgIpc) is 3.05. The first-order chi connectivity index (χ1) is 11.8. The van der Waals surface area contributed by atoms with Gasteiger partial charge in [-0.2, -0.15) is 4.98 Å². The van der Waals surface area contributed by atoms with Crippen LogP contribution in [0.15, 0.2) is 59.1 Å². The number of aromatic nitrogens is 2. The Morgan fingerprint density at radius 2 is 1.75 bits per heavy atom. The Bertz CT molecular complexity index is 771. The predicted molar refractivity (Wildman–Crippen MR) is 92.1 cm³/mol. The fraction of sp³-hybridized carbons (Fsp3) is 0.263. The third kappa shape index (κ3) is 4.07. The van der Waals surface area contributed by atoms with Gasteiger partial charge in [-0.25, -0.2) is 0 Å². The number of aliphatic hydroxyl groups is 1. The third-order valence-corrected chi connectivity index (χ3v) is 3.87. The van der Waals surface area contributed by atoms with Gasteiger partial charge in [-0.15, -0.1) is 0 Å². The SMILES string of the molecule is Cc1ccccc1-c1nc(CN(CCO)Cc2ccccc2)no1. The van der Waals surface area contributed by atoms with Gasteiger partial charge in [0, 0.05) is 18.7 Å². The molecule has 1 heterocycles. The summed E-state index contributed by atoms with van der Waals surface area (Å²) < 4.78 is 5.41. The number of nitrogens with zero attached hydrogens (tertiary/aromatic N) is 3. The van der Waals surface area contributed by atoms with Crippen molar-refractivity contribution in [2.45, 2.75) is 20.0 Å². The van der Waals surface area contributed by atoms with Crippen molar-refractivity contribution in [3.05, 3.63) is 71.5 Å². The van der Waals surface area contributed by atoms with Crippen LogP contribution in [0, 0.1) is 6.92 Å². The lowest BCUT2D eigenvalue weighted by atomic mass is 10.1. The molecule has 2 aromatic carbocycles. The number of benzene rings is 2. The molecule has 124 valence electrons. The van der Waals surface area contributed by atoms with Crippen molar-refractivity contribution >= 4 is 0 Å². The van der Waals surface area contributed by atoms with E-state index in [1.165, 1.54) is 5.56 Å². The Morgan fingerprint density at radius 3 is 2.50 bits per heavy atom. The minimum atomic E-state index is 0.0926. The molecule has 0 bridgehead atoms. The van der Waals surface area contributed by atoms with Crippen LogP contribution in [-0.4, -0.2) is 33.3 Å². The van der Waals surface area contributed by atoms with Crippen LogP contribution in [0.4, 0.5) is 0 Å². The summed E-state index contributed by atoms with van der Waals surface area (Å²) in [6, 6.07) is 18.1. The molecule has 0 saturated carbocycles. The maximum Gasteiger partial charge on any atom is 0.258 e. The molecule has 5 nitrogen and oxygen atoms in total. The van der Waals surface area contributed by atoms with Gasteiger partial charge in [-0.05, 0) is 24.1 Å². The lowest BCUT2D eigenvalue weighted by Gasteiger charge is -2.19. The van der Waals surface area contributed by atoms with Crippen molar-refractivity contribution < 1.29 is 9.63 Å². The summed E-state index contributed by atoms with van der Waals surface area (Å²) in [5, 5.41) is 13.4. The van der Waals surface area contributed by atoms with E-state index >= 15 is 0 Å². The van der Waals surface area contributed by atoms with Gasteiger partial charge in [0.05, 0.1) is 13.2 Å². The molecule has 0 aliphatic heterocycles. The molecule has 0 spiro atoms. The molecule has 0 aliphatic carbocycles. The summed E-state index contributed by atoms with van der Waals surface area (Å²) in [5.41, 5.74) is 3.24. The number of rotatable bonds is 7. The molecule has 3 rings (SSSR count). The highest BCUT2D eigenvalue weighted by atomic mass is 16.5. The predicted octanol–water partition coefficient (Wildman–Crippen LogP) is 3.04. The van der Waals surface area contributed by atoms with Gasteiger partial charge in [-0.1, -0.05) is 53.7 Å². The highest BCUT2D eigenvalue weighted by Crippen LogP contribution is 2.21. The molecule has 0 fully saturated rings. The van der Waals surface area contributed by atoms with Crippen LogP contribution in [0.5, 0.6) is 0 Å². The number of hydrogen-bond acceptors (Lipinski definition) is 5. The van der Waals surface area contributed by atoms with Gasteiger partial charge >= 0.3 is 0 Å². The van der Waals surface area contributed by atoms with Crippen LogP contribution in [0.3, 0.4) is 0 Å². The van der Waals surface area contributed by atoms with Gasteiger partial charge in [0.15, 0.2) is 5.82 Å². The van der Waals surface area contributed by atoms with E-state index in [1.54, 1.807) is 0 Å². The second-order valence-electron chi connectivity index (χ2n) is 5.75. The molecule has 1 aromatic heterocycles. The summed E-state index contributed by atoms with van der Waals surface area (Å²) in [6.45, 7) is 3.94. The second-order valence-corrected chi connectivity index (χ2v) is 5.75. The molecule has 24 heavy (non-hydrogen) atoms. The largest absolute Gasteiger partial charge is 0.395 e. The zero-order valence-electron chi connectivity index (χ0n) is 13.7. The maximum atomic E-state index is 9.31. The van der Waals surface area contributed by atoms with E-state index in [0.717, 1.165) is 17.7 Å². The summed E-state index contributed by atoms with van der Waals surface area (Å²) in [4.78, 5) is 6.60. The summed E-state index contributed by atoms with van der Waals surface area (Å²) in [6.07, 6.45) is 0. The molecule has 0 saturated heterocycles. The second kappa shape index (κ2) is 7.86. The first-order valence-electron chi connectivity index (χ1n) is 8.02. The highest BCUT2D eigenvalue weighted by Gasteiger charge is 2.14. The van der Waals surface area contributed by atoms with Crippen molar-refractivity contribution in [3.8, 4) is 11.5 Å². The van der Waals surface area contributed by atoms with Gasteiger partial charge in [-0.3, -0.25) is 4.90 Å². The Morgan fingerprint density at radius 1 is 1.00 bits per heavy atom. The molecule has 1 N–H and O–H groups in total. The van der Waals surface area contributed by atoms with Crippen molar-refractivity contribution in [1.29, 1.82) is 0 Å². The fourth-order valence-electron chi connectivity index (χ4n) is 2.64. The van der Waals surface area contributed by atoms with Crippen molar-refractivity contribution in [1.82, 2.24) is 15.0 Å². The Labute approximate surface area is 141 Å². The molecular formula is C19H21N3O2. The van der Waals surface area contributed by atoms with E-state index in [9.17, 15) is 5.11 Å². The minimum Gasteiger partial charge on any atom is -0.395 e. The topological polar surface area (TPSA) is 62.4 Å². The summed E-state index contributed by atoms with van der Waals surface area (Å²) >= 11 is 0. The first kappa shape index (κ1) is 16.4. The molecule has 5 heteroatoms. The smallest absolute Gasteiger partial charge is 0.258 e. The fourth-order valence-corrected chi connectivity index (χ4v) is 2.64. The van der Waals surface area contributed by atoms with E-state index in [2.05, 4.69) is 27.2 Å². The monoisotopic (exact) mass is 323 g/mol. The van der Waals surface area contributed by atoms with Crippen LogP contribution in [0.2, 0.25) is 0 Å². The van der Waals surface area contributed by atoms with Crippen molar-refractivity contribution in [2.24, 2.45) is 0 Å². The number of hydrogen-bond donors (Lipinski definition) is 1. The molecule has 0 amide bonds. The van der Waals surface area contributed by atoms with Gasteiger partial charge in [0.1, 0.15) is 0 Å². The van der Waals surface area contributed by atoms with E-state index < -0.39 is 0 Å². The van der Waals surface area contributed by atoms with E-state index in [1.807, 2.05) is 49.4 Å².